The number of benzene rings is 3. The fourth-order valence-electron chi connectivity index (χ4n) is 5.38. The second-order valence-corrected chi connectivity index (χ2v) is 9.90. The molecular formula is C30H37Cl3F2N4O. The highest BCUT2D eigenvalue weighted by Crippen LogP contribution is 2.30. The van der Waals surface area contributed by atoms with Crippen molar-refractivity contribution in [3.8, 4) is 0 Å². The first-order valence-electron chi connectivity index (χ1n) is 13.1. The lowest BCUT2D eigenvalue weighted by atomic mass is 9.96. The number of halogens is 5. The Balaban J connectivity index is 0.00000187. The summed E-state index contributed by atoms with van der Waals surface area (Å²) >= 11 is 0. The molecule has 10 heteroatoms. The van der Waals surface area contributed by atoms with Gasteiger partial charge in [-0.15, -0.1) is 37.2 Å². The Hall–Kier alpha value is -2.26. The SMILES string of the molecule is Cl.Cl.Cl.O=C(NCCN1CCN(C(c2ccc(F)cc2)c2ccc(F)cc2)CC1)c1ccc2c(c1)CNCCC2. The summed E-state index contributed by atoms with van der Waals surface area (Å²) in [4.78, 5) is 17.5. The van der Waals surface area contributed by atoms with Crippen LogP contribution in [-0.4, -0.2) is 61.5 Å². The van der Waals surface area contributed by atoms with Gasteiger partial charge < -0.3 is 10.6 Å². The minimum atomic E-state index is -0.268. The molecule has 218 valence electrons. The minimum Gasteiger partial charge on any atom is -0.351 e. The standard InChI is InChI=1S/C30H34F2N4O.3ClH/c31-27-9-5-23(6-10-27)29(24-7-11-28(32)12-8-24)36-18-16-35(17-19-36)15-14-34-30(37)25-4-3-22-2-1-13-33-21-26(22)20-25;;;/h3-12,20,29,33H,1-2,13-19,21H2,(H,34,37);3*1H. The molecule has 2 aliphatic heterocycles. The zero-order valence-electron chi connectivity index (χ0n) is 22.3. The predicted octanol–water partition coefficient (Wildman–Crippen LogP) is 5.40. The van der Waals surface area contributed by atoms with Crippen molar-refractivity contribution in [2.75, 3.05) is 45.8 Å². The fourth-order valence-corrected chi connectivity index (χ4v) is 5.38. The Bertz CT molecular complexity index is 1160. The summed E-state index contributed by atoms with van der Waals surface area (Å²) in [7, 11) is 0. The summed E-state index contributed by atoms with van der Waals surface area (Å²) in [6.45, 7) is 6.57. The van der Waals surface area contributed by atoms with Crippen molar-refractivity contribution in [3.05, 3.63) is 106 Å². The Morgan fingerprint density at radius 3 is 2.02 bits per heavy atom. The molecular weight excluding hydrogens is 577 g/mol. The van der Waals surface area contributed by atoms with Crippen LogP contribution in [0.4, 0.5) is 8.78 Å². The van der Waals surface area contributed by atoms with Gasteiger partial charge in [0.2, 0.25) is 0 Å². The highest BCUT2D eigenvalue weighted by Gasteiger charge is 2.26. The van der Waals surface area contributed by atoms with Crippen LogP contribution < -0.4 is 10.6 Å². The molecule has 0 aromatic heterocycles. The van der Waals surface area contributed by atoms with Crippen LogP contribution in [0.15, 0.2) is 66.7 Å². The molecule has 2 N–H and O–H groups in total. The van der Waals surface area contributed by atoms with Crippen molar-refractivity contribution in [1.29, 1.82) is 0 Å². The molecule has 40 heavy (non-hydrogen) atoms. The van der Waals surface area contributed by atoms with E-state index < -0.39 is 0 Å². The van der Waals surface area contributed by atoms with E-state index in [9.17, 15) is 13.6 Å². The molecule has 0 bridgehead atoms. The van der Waals surface area contributed by atoms with E-state index in [2.05, 4.69) is 26.5 Å². The van der Waals surface area contributed by atoms with Crippen molar-refractivity contribution in [2.24, 2.45) is 0 Å². The number of nitrogens with one attached hydrogen (secondary N) is 2. The van der Waals surface area contributed by atoms with Crippen LogP contribution in [0.2, 0.25) is 0 Å². The number of hydrogen-bond donors (Lipinski definition) is 2. The van der Waals surface area contributed by atoms with E-state index in [4.69, 9.17) is 0 Å². The molecule has 2 aliphatic rings. The maximum atomic E-state index is 13.6. The molecule has 0 unspecified atom stereocenters. The van der Waals surface area contributed by atoms with E-state index in [1.807, 2.05) is 36.4 Å². The number of hydrogen-bond acceptors (Lipinski definition) is 4. The van der Waals surface area contributed by atoms with Gasteiger partial charge >= 0.3 is 0 Å². The second-order valence-electron chi connectivity index (χ2n) is 9.90. The van der Waals surface area contributed by atoms with Crippen LogP contribution >= 0.6 is 37.2 Å². The van der Waals surface area contributed by atoms with Gasteiger partial charge in [-0.1, -0.05) is 30.3 Å². The molecule has 5 rings (SSSR count). The molecule has 0 radical (unpaired) electrons. The molecule has 1 amide bonds. The van der Waals surface area contributed by atoms with E-state index in [0.29, 0.717) is 12.1 Å². The summed E-state index contributed by atoms with van der Waals surface area (Å²) in [5, 5.41) is 6.50. The van der Waals surface area contributed by atoms with E-state index in [1.54, 1.807) is 0 Å². The van der Waals surface area contributed by atoms with Crippen LogP contribution in [0.5, 0.6) is 0 Å². The first kappa shape index (κ1) is 33.9. The lowest BCUT2D eigenvalue weighted by Gasteiger charge is -2.39. The lowest BCUT2D eigenvalue weighted by Crippen LogP contribution is -2.49. The third-order valence-electron chi connectivity index (χ3n) is 7.44. The second kappa shape index (κ2) is 16.2. The van der Waals surface area contributed by atoms with Gasteiger partial charge in [-0.2, -0.15) is 0 Å². The van der Waals surface area contributed by atoms with Crippen LogP contribution in [0.1, 0.15) is 45.1 Å². The average Bonchev–Trinajstić information content (AvgIpc) is 3.17. The maximum absolute atomic E-state index is 13.6. The van der Waals surface area contributed by atoms with Gasteiger partial charge in [0.25, 0.3) is 5.91 Å². The number of carbonyl (C=O) groups is 1. The number of rotatable bonds is 7. The van der Waals surface area contributed by atoms with Crippen molar-refractivity contribution < 1.29 is 13.6 Å². The fraction of sp³-hybridized carbons (Fsp3) is 0.367. The Labute approximate surface area is 253 Å². The van der Waals surface area contributed by atoms with Crippen LogP contribution in [-0.2, 0) is 13.0 Å². The van der Waals surface area contributed by atoms with Crippen LogP contribution in [0.25, 0.3) is 0 Å². The van der Waals surface area contributed by atoms with E-state index in [-0.39, 0.29) is 60.8 Å². The third-order valence-corrected chi connectivity index (χ3v) is 7.44. The van der Waals surface area contributed by atoms with Gasteiger partial charge in [-0.3, -0.25) is 14.6 Å². The molecule has 0 saturated carbocycles. The lowest BCUT2D eigenvalue weighted by molar-refractivity contribution is 0.0921. The monoisotopic (exact) mass is 612 g/mol. The summed E-state index contributed by atoms with van der Waals surface area (Å²) < 4.78 is 27.1. The number of carbonyl (C=O) groups excluding carboxylic acids is 1. The van der Waals surface area contributed by atoms with Gasteiger partial charge in [0.15, 0.2) is 0 Å². The molecule has 3 aromatic rings. The molecule has 2 heterocycles. The highest BCUT2D eigenvalue weighted by molar-refractivity contribution is 5.94. The summed E-state index contributed by atoms with van der Waals surface area (Å²) in [5.74, 6) is -0.564. The third kappa shape index (κ3) is 8.62. The Morgan fingerprint density at radius 2 is 1.43 bits per heavy atom. The van der Waals surface area contributed by atoms with Gasteiger partial charge in [-0.05, 0) is 78.0 Å². The van der Waals surface area contributed by atoms with E-state index in [1.165, 1.54) is 35.4 Å². The molecule has 0 spiro atoms. The topological polar surface area (TPSA) is 47.6 Å². The van der Waals surface area contributed by atoms with Crippen LogP contribution in [0.3, 0.4) is 0 Å². The largest absolute Gasteiger partial charge is 0.351 e. The van der Waals surface area contributed by atoms with Crippen molar-refractivity contribution in [1.82, 2.24) is 20.4 Å². The number of aryl methyl sites for hydroxylation is 1. The summed E-state index contributed by atoms with van der Waals surface area (Å²) in [6.07, 6.45) is 2.18. The van der Waals surface area contributed by atoms with Crippen molar-refractivity contribution in [3.63, 3.8) is 0 Å². The molecule has 1 fully saturated rings. The Kier molecular flexibility index (Phi) is 13.8. The number of amides is 1. The molecule has 1 saturated heterocycles. The summed E-state index contributed by atoms with van der Waals surface area (Å²) in [5.41, 5.74) is 5.25. The Morgan fingerprint density at radius 1 is 0.825 bits per heavy atom. The van der Waals surface area contributed by atoms with E-state index >= 15 is 0 Å². The average molecular weight is 614 g/mol. The van der Waals surface area contributed by atoms with Gasteiger partial charge in [0.05, 0.1) is 6.04 Å². The van der Waals surface area contributed by atoms with Crippen molar-refractivity contribution in [2.45, 2.75) is 25.4 Å². The first-order chi connectivity index (χ1) is 18.1. The van der Waals surface area contributed by atoms with Gasteiger partial charge in [0.1, 0.15) is 11.6 Å². The number of piperazine rings is 1. The number of fused-ring (bicyclic) bond motifs is 1. The highest BCUT2D eigenvalue weighted by atomic mass is 35.5. The van der Waals surface area contributed by atoms with E-state index in [0.717, 1.165) is 69.8 Å². The number of nitrogens with zero attached hydrogens (tertiary/aromatic N) is 2. The molecule has 3 aromatic carbocycles. The quantitative estimate of drug-likeness (QED) is 0.375. The maximum Gasteiger partial charge on any atom is 0.251 e. The zero-order chi connectivity index (χ0) is 25.6. The van der Waals surface area contributed by atoms with Gasteiger partial charge in [0, 0.05) is 51.4 Å². The normalized spacial score (nSPS) is 15.6. The molecule has 0 aliphatic carbocycles. The minimum absolute atomic E-state index is 0. The van der Waals surface area contributed by atoms with Crippen LogP contribution in [0, 0.1) is 11.6 Å². The zero-order valence-corrected chi connectivity index (χ0v) is 24.7. The molecule has 0 atom stereocenters. The van der Waals surface area contributed by atoms with Gasteiger partial charge in [-0.25, -0.2) is 8.78 Å². The first-order valence-corrected chi connectivity index (χ1v) is 13.1. The smallest absolute Gasteiger partial charge is 0.251 e. The molecule has 5 nitrogen and oxygen atoms in total. The van der Waals surface area contributed by atoms with Crippen molar-refractivity contribution >= 4 is 43.1 Å². The predicted molar refractivity (Wildman–Crippen MR) is 163 cm³/mol. The summed E-state index contributed by atoms with van der Waals surface area (Å²) in [6, 6.07) is 19.1.